The highest BCUT2D eigenvalue weighted by atomic mass is 32.2. The first-order chi connectivity index (χ1) is 9.26. The van der Waals surface area contributed by atoms with Crippen molar-refractivity contribution >= 4 is 17.4 Å². The Morgan fingerprint density at radius 1 is 1.21 bits per heavy atom. The molecular formula is C12H10N4O2S. The molecule has 0 aliphatic heterocycles. The summed E-state index contributed by atoms with van der Waals surface area (Å²) in [5.74, 6) is 0. The van der Waals surface area contributed by atoms with E-state index in [1.165, 1.54) is 16.3 Å². The Morgan fingerprint density at radius 2 is 2.00 bits per heavy atom. The highest BCUT2D eigenvalue weighted by Crippen LogP contribution is 2.25. The lowest BCUT2D eigenvalue weighted by Gasteiger charge is -2.02. The molecule has 0 atom stereocenters. The molecule has 2 N–H and O–H groups in total. The van der Waals surface area contributed by atoms with Gasteiger partial charge in [-0.15, -0.1) is 0 Å². The first-order valence-corrected chi connectivity index (χ1v) is 6.40. The van der Waals surface area contributed by atoms with Crippen molar-refractivity contribution in [3.63, 3.8) is 0 Å². The van der Waals surface area contributed by atoms with Gasteiger partial charge in [-0.05, 0) is 29.8 Å². The van der Waals surface area contributed by atoms with Crippen molar-refractivity contribution in [2.75, 3.05) is 0 Å². The first-order valence-electron chi connectivity index (χ1n) is 5.58. The van der Waals surface area contributed by atoms with Gasteiger partial charge in [0.05, 0.1) is 6.61 Å². The third-order valence-electron chi connectivity index (χ3n) is 2.58. The zero-order valence-corrected chi connectivity index (χ0v) is 10.6. The Balaban J connectivity index is 1.91. The van der Waals surface area contributed by atoms with Crippen molar-refractivity contribution in [1.29, 1.82) is 0 Å². The van der Waals surface area contributed by atoms with E-state index in [1.807, 2.05) is 24.3 Å². The van der Waals surface area contributed by atoms with Gasteiger partial charge >= 0.3 is 5.69 Å². The quantitative estimate of drug-likeness (QED) is 0.746. The smallest absolute Gasteiger partial charge is 0.364 e. The lowest BCUT2D eigenvalue weighted by molar-refractivity contribution is 0.282. The maximum Gasteiger partial charge on any atom is 0.364 e. The molecule has 96 valence electrons. The monoisotopic (exact) mass is 274 g/mol. The van der Waals surface area contributed by atoms with Crippen LogP contribution in [0.4, 0.5) is 0 Å². The predicted octanol–water partition coefficient (Wildman–Crippen LogP) is 1.06. The normalized spacial score (nSPS) is 11.0. The summed E-state index contributed by atoms with van der Waals surface area (Å²) in [5, 5.41) is 20.0. The van der Waals surface area contributed by atoms with E-state index < -0.39 is 0 Å². The van der Waals surface area contributed by atoms with Gasteiger partial charge in [0.15, 0.2) is 5.65 Å². The standard InChI is InChI=1S/C12H10N4O2S/c17-7-8-1-3-9(4-2-8)19-11-6-5-10-13-14-12(18)16(10)15-11/h1-6,17H,7H2,(H,14,18). The molecule has 0 radical (unpaired) electrons. The number of nitrogens with one attached hydrogen (secondary N) is 1. The summed E-state index contributed by atoms with van der Waals surface area (Å²) in [6, 6.07) is 11.0. The van der Waals surface area contributed by atoms with Gasteiger partial charge in [0.1, 0.15) is 5.03 Å². The van der Waals surface area contributed by atoms with Crippen molar-refractivity contribution in [3.8, 4) is 0 Å². The van der Waals surface area contributed by atoms with Gasteiger partial charge in [0.2, 0.25) is 0 Å². The van der Waals surface area contributed by atoms with Crippen molar-refractivity contribution in [2.45, 2.75) is 16.5 Å². The number of hydrogen-bond acceptors (Lipinski definition) is 5. The van der Waals surface area contributed by atoms with Crippen LogP contribution in [0.2, 0.25) is 0 Å². The predicted molar refractivity (Wildman–Crippen MR) is 70.1 cm³/mol. The van der Waals surface area contributed by atoms with Crippen LogP contribution in [0.15, 0.2) is 51.1 Å². The van der Waals surface area contributed by atoms with E-state index in [4.69, 9.17) is 5.11 Å². The number of nitrogens with zero attached hydrogens (tertiary/aromatic N) is 3. The Bertz CT molecular complexity index is 763. The van der Waals surface area contributed by atoms with Crippen LogP contribution in [-0.2, 0) is 6.61 Å². The van der Waals surface area contributed by atoms with Crippen molar-refractivity contribution in [2.24, 2.45) is 0 Å². The van der Waals surface area contributed by atoms with E-state index in [9.17, 15) is 4.79 Å². The van der Waals surface area contributed by atoms with E-state index in [2.05, 4.69) is 15.3 Å². The van der Waals surface area contributed by atoms with E-state index in [0.717, 1.165) is 10.5 Å². The van der Waals surface area contributed by atoms with E-state index >= 15 is 0 Å². The van der Waals surface area contributed by atoms with Crippen LogP contribution < -0.4 is 5.69 Å². The Morgan fingerprint density at radius 3 is 2.74 bits per heavy atom. The van der Waals surface area contributed by atoms with Crippen LogP contribution >= 0.6 is 11.8 Å². The van der Waals surface area contributed by atoms with Crippen LogP contribution in [0.25, 0.3) is 5.65 Å². The average Bonchev–Trinajstić information content (AvgIpc) is 2.81. The number of hydrogen-bond donors (Lipinski definition) is 2. The van der Waals surface area contributed by atoms with E-state index in [1.54, 1.807) is 12.1 Å². The maximum absolute atomic E-state index is 11.4. The van der Waals surface area contributed by atoms with Gasteiger partial charge in [-0.2, -0.15) is 14.7 Å². The molecule has 0 spiro atoms. The molecule has 0 aliphatic rings. The lowest BCUT2D eigenvalue weighted by atomic mass is 10.2. The Hall–Kier alpha value is -2.12. The number of fused-ring (bicyclic) bond motifs is 1. The minimum Gasteiger partial charge on any atom is -0.392 e. The molecule has 6 nitrogen and oxygen atoms in total. The summed E-state index contributed by atoms with van der Waals surface area (Å²) in [6.45, 7) is 0.0274. The summed E-state index contributed by atoms with van der Waals surface area (Å²) < 4.78 is 1.23. The molecule has 0 bridgehead atoms. The molecule has 3 aromatic rings. The van der Waals surface area contributed by atoms with Crippen LogP contribution in [0.3, 0.4) is 0 Å². The number of rotatable bonds is 3. The number of aromatic nitrogens is 4. The fraction of sp³-hybridized carbons (Fsp3) is 0.0833. The molecule has 0 saturated carbocycles. The summed E-state index contributed by atoms with van der Waals surface area (Å²) in [6.07, 6.45) is 0. The van der Waals surface area contributed by atoms with Gasteiger partial charge < -0.3 is 5.11 Å². The maximum atomic E-state index is 11.4. The second-order valence-corrected chi connectivity index (χ2v) is 4.97. The average molecular weight is 274 g/mol. The van der Waals surface area contributed by atoms with Crippen LogP contribution in [-0.4, -0.2) is 24.9 Å². The number of benzene rings is 1. The van der Waals surface area contributed by atoms with Gasteiger partial charge in [-0.1, -0.05) is 23.9 Å². The molecule has 0 aliphatic carbocycles. The fourth-order valence-electron chi connectivity index (χ4n) is 1.62. The van der Waals surface area contributed by atoms with Crippen LogP contribution in [0, 0.1) is 0 Å². The Labute approximate surface area is 112 Å². The van der Waals surface area contributed by atoms with Gasteiger partial charge in [0, 0.05) is 4.90 Å². The second kappa shape index (κ2) is 4.87. The van der Waals surface area contributed by atoms with Gasteiger partial charge in [0.25, 0.3) is 0 Å². The molecule has 19 heavy (non-hydrogen) atoms. The van der Waals surface area contributed by atoms with Crippen molar-refractivity contribution in [1.82, 2.24) is 19.8 Å². The molecule has 0 fully saturated rings. The van der Waals surface area contributed by atoms with E-state index in [-0.39, 0.29) is 12.3 Å². The number of aromatic amines is 1. The highest BCUT2D eigenvalue weighted by Gasteiger charge is 2.04. The molecule has 3 rings (SSSR count). The number of aliphatic hydroxyl groups excluding tert-OH is 1. The topological polar surface area (TPSA) is 83.3 Å². The summed E-state index contributed by atoms with van der Waals surface area (Å²) in [4.78, 5) is 12.4. The fourth-order valence-corrected chi connectivity index (χ4v) is 2.40. The zero-order valence-electron chi connectivity index (χ0n) is 9.78. The minimum atomic E-state index is -0.354. The van der Waals surface area contributed by atoms with Crippen molar-refractivity contribution < 1.29 is 5.11 Å². The first kappa shape index (κ1) is 11.9. The lowest BCUT2D eigenvalue weighted by Crippen LogP contribution is -2.12. The summed E-state index contributed by atoms with van der Waals surface area (Å²) >= 11 is 1.44. The molecular weight excluding hydrogens is 264 g/mol. The van der Waals surface area contributed by atoms with Crippen molar-refractivity contribution in [3.05, 3.63) is 52.4 Å². The Kier molecular flexibility index (Phi) is 3.06. The highest BCUT2D eigenvalue weighted by molar-refractivity contribution is 7.99. The largest absolute Gasteiger partial charge is 0.392 e. The van der Waals surface area contributed by atoms with Crippen LogP contribution in [0.1, 0.15) is 5.56 Å². The van der Waals surface area contributed by atoms with Gasteiger partial charge in [-0.25, -0.2) is 9.89 Å². The molecule has 0 unspecified atom stereocenters. The summed E-state index contributed by atoms with van der Waals surface area (Å²) in [7, 11) is 0. The molecule has 0 saturated heterocycles. The molecule has 1 aromatic carbocycles. The minimum absolute atomic E-state index is 0.0274. The third kappa shape index (κ3) is 2.38. The number of aliphatic hydroxyl groups is 1. The molecule has 0 amide bonds. The van der Waals surface area contributed by atoms with E-state index in [0.29, 0.717) is 10.7 Å². The zero-order chi connectivity index (χ0) is 13.2. The van der Waals surface area contributed by atoms with Crippen LogP contribution in [0.5, 0.6) is 0 Å². The second-order valence-electron chi connectivity index (χ2n) is 3.87. The number of H-pyrrole nitrogens is 1. The SMILES string of the molecule is O=c1[nH]nc2ccc(Sc3ccc(CO)cc3)nn12. The van der Waals surface area contributed by atoms with Gasteiger partial charge in [-0.3, -0.25) is 0 Å². The third-order valence-corrected chi connectivity index (χ3v) is 3.51. The molecule has 2 heterocycles. The molecule has 2 aromatic heterocycles. The summed E-state index contributed by atoms with van der Waals surface area (Å²) in [5.41, 5.74) is 0.997. The molecule has 7 heteroatoms.